The highest BCUT2D eigenvalue weighted by Gasteiger charge is 2.45. The SMILES string of the molecule is O=C1NC2(CCCCC2)n2c1c(Cl)cc(Nc1cccnn1)c2=O. The summed E-state index contributed by atoms with van der Waals surface area (Å²) in [6.45, 7) is 0. The number of carbonyl (C=O) groups is 1. The van der Waals surface area contributed by atoms with Crippen LogP contribution in [0.1, 0.15) is 42.6 Å². The van der Waals surface area contributed by atoms with Gasteiger partial charge in [0.15, 0.2) is 5.82 Å². The summed E-state index contributed by atoms with van der Waals surface area (Å²) in [6, 6.07) is 4.90. The zero-order chi connectivity index (χ0) is 16.7. The summed E-state index contributed by atoms with van der Waals surface area (Å²) in [5, 5.41) is 13.9. The molecule has 0 saturated heterocycles. The highest BCUT2D eigenvalue weighted by molar-refractivity contribution is 6.34. The Hall–Kier alpha value is -2.41. The number of amides is 1. The van der Waals surface area contributed by atoms with Crippen LogP contribution in [0.25, 0.3) is 0 Å². The standard InChI is InChI=1S/C16H16ClN5O2/c17-10-9-11(19-12-5-4-8-18-21-12)15(24)22-13(10)14(23)20-16(22)6-2-1-3-7-16/h4-5,8-9H,1-3,6-7H2,(H,19,21)(H,20,23). The number of carbonyl (C=O) groups excluding carboxylic acids is 1. The molecule has 1 fully saturated rings. The van der Waals surface area contributed by atoms with Crippen LogP contribution in [0, 0.1) is 0 Å². The summed E-state index contributed by atoms with van der Waals surface area (Å²) in [7, 11) is 0. The summed E-state index contributed by atoms with van der Waals surface area (Å²) in [6.07, 6.45) is 6.05. The second kappa shape index (κ2) is 5.59. The van der Waals surface area contributed by atoms with E-state index in [-0.39, 0.29) is 27.9 Å². The van der Waals surface area contributed by atoms with Crippen molar-refractivity contribution in [2.45, 2.75) is 37.8 Å². The molecule has 3 heterocycles. The lowest BCUT2D eigenvalue weighted by Gasteiger charge is -2.35. The van der Waals surface area contributed by atoms with Gasteiger partial charge in [0.1, 0.15) is 17.0 Å². The van der Waals surface area contributed by atoms with Gasteiger partial charge in [-0.15, -0.1) is 5.10 Å². The van der Waals surface area contributed by atoms with Gasteiger partial charge in [0, 0.05) is 6.20 Å². The summed E-state index contributed by atoms with van der Waals surface area (Å²) >= 11 is 6.31. The Morgan fingerprint density at radius 3 is 2.75 bits per heavy atom. The van der Waals surface area contributed by atoms with Gasteiger partial charge in [-0.3, -0.25) is 14.2 Å². The molecule has 1 saturated carbocycles. The molecule has 4 rings (SSSR count). The van der Waals surface area contributed by atoms with Crippen molar-refractivity contribution >= 4 is 29.0 Å². The minimum atomic E-state index is -0.661. The van der Waals surface area contributed by atoms with E-state index in [4.69, 9.17) is 11.6 Å². The number of pyridine rings is 1. The van der Waals surface area contributed by atoms with Gasteiger partial charge < -0.3 is 10.6 Å². The molecule has 0 radical (unpaired) electrons. The number of anilines is 2. The Morgan fingerprint density at radius 1 is 1.25 bits per heavy atom. The molecule has 2 aromatic heterocycles. The first-order valence-corrected chi connectivity index (χ1v) is 8.32. The Morgan fingerprint density at radius 2 is 2.04 bits per heavy atom. The fraction of sp³-hybridized carbons (Fsp3) is 0.375. The molecular formula is C16H16ClN5O2. The number of hydrogen-bond acceptors (Lipinski definition) is 5. The van der Waals surface area contributed by atoms with E-state index in [0.717, 1.165) is 32.1 Å². The van der Waals surface area contributed by atoms with Crippen LogP contribution in [0.2, 0.25) is 5.02 Å². The van der Waals surface area contributed by atoms with Crippen molar-refractivity contribution in [3.05, 3.63) is 45.5 Å². The molecule has 1 aliphatic carbocycles. The topological polar surface area (TPSA) is 88.9 Å². The molecule has 0 aromatic carbocycles. The number of rotatable bonds is 2. The fourth-order valence-electron chi connectivity index (χ4n) is 3.61. The lowest BCUT2D eigenvalue weighted by atomic mass is 9.89. The minimum absolute atomic E-state index is 0.244. The molecule has 0 unspecified atom stereocenters. The first-order chi connectivity index (χ1) is 11.6. The van der Waals surface area contributed by atoms with Crippen molar-refractivity contribution in [2.75, 3.05) is 5.32 Å². The van der Waals surface area contributed by atoms with Crippen molar-refractivity contribution in [3.8, 4) is 0 Å². The lowest BCUT2D eigenvalue weighted by Crippen LogP contribution is -2.48. The maximum Gasteiger partial charge on any atom is 0.276 e. The Balaban J connectivity index is 1.85. The van der Waals surface area contributed by atoms with Gasteiger partial charge in [0.25, 0.3) is 11.5 Å². The molecule has 1 aliphatic heterocycles. The number of halogens is 1. The van der Waals surface area contributed by atoms with Gasteiger partial charge in [-0.2, -0.15) is 5.10 Å². The Labute approximate surface area is 143 Å². The van der Waals surface area contributed by atoms with Gasteiger partial charge in [-0.25, -0.2) is 0 Å². The van der Waals surface area contributed by atoms with Crippen molar-refractivity contribution < 1.29 is 4.79 Å². The molecule has 8 heteroatoms. The zero-order valence-corrected chi connectivity index (χ0v) is 13.6. The molecule has 1 spiro atoms. The van der Waals surface area contributed by atoms with E-state index in [1.165, 1.54) is 10.6 Å². The van der Waals surface area contributed by atoms with Crippen LogP contribution in [-0.2, 0) is 5.66 Å². The molecule has 124 valence electrons. The second-order valence-corrected chi connectivity index (χ2v) is 6.58. The molecular weight excluding hydrogens is 330 g/mol. The average Bonchev–Trinajstić information content (AvgIpc) is 2.86. The van der Waals surface area contributed by atoms with Crippen LogP contribution in [0.15, 0.2) is 29.2 Å². The minimum Gasteiger partial charge on any atom is -0.334 e. The van der Waals surface area contributed by atoms with E-state index in [1.54, 1.807) is 18.3 Å². The van der Waals surface area contributed by atoms with E-state index in [0.29, 0.717) is 5.82 Å². The van der Waals surface area contributed by atoms with Crippen molar-refractivity contribution in [2.24, 2.45) is 0 Å². The smallest absolute Gasteiger partial charge is 0.276 e. The van der Waals surface area contributed by atoms with E-state index in [2.05, 4.69) is 20.8 Å². The number of aromatic nitrogens is 3. The molecule has 24 heavy (non-hydrogen) atoms. The van der Waals surface area contributed by atoms with Crippen molar-refractivity contribution in [3.63, 3.8) is 0 Å². The zero-order valence-electron chi connectivity index (χ0n) is 12.9. The van der Waals surface area contributed by atoms with E-state index < -0.39 is 5.66 Å². The maximum atomic E-state index is 13.0. The molecule has 7 nitrogen and oxygen atoms in total. The van der Waals surface area contributed by atoms with Gasteiger partial charge in [-0.05, 0) is 43.9 Å². The summed E-state index contributed by atoms with van der Waals surface area (Å²) in [4.78, 5) is 25.4. The van der Waals surface area contributed by atoms with E-state index in [9.17, 15) is 9.59 Å². The first-order valence-electron chi connectivity index (χ1n) is 7.94. The summed E-state index contributed by atoms with van der Waals surface area (Å²) in [5.41, 5.74) is -0.412. The number of nitrogens with zero attached hydrogens (tertiary/aromatic N) is 3. The molecule has 2 aromatic rings. The third-order valence-electron chi connectivity index (χ3n) is 4.66. The Bertz CT molecular complexity index is 859. The monoisotopic (exact) mass is 345 g/mol. The quantitative estimate of drug-likeness (QED) is 0.872. The first kappa shape index (κ1) is 15.1. The van der Waals surface area contributed by atoms with E-state index >= 15 is 0 Å². The maximum absolute atomic E-state index is 13.0. The second-order valence-electron chi connectivity index (χ2n) is 6.18. The summed E-state index contributed by atoms with van der Waals surface area (Å²) < 4.78 is 1.54. The highest BCUT2D eigenvalue weighted by Crippen LogP contribution is 2.38. The largest absolute Gasteiger partial charge is 0.334 e. The van der Waals surface area contributed by atoms with Crippen LogP contribution in [0.3, 0.4) is 0 Å². The number of hydrogen-bond donors (Lipinski definition) is 2. The van der Waals surface area contributed by atoms with Gasteiger partial charge in [0.2, 0.25) is 0 Å². The van der Waals surface area contributed by atoms with Gasteiger partial charge in [-0.1, -0.05) is 18.0 Å². The molecule has 0 bridgehead atoms. The molecule has 0 atom stereocenters. The summed E-state index contributed by atoms with van der Waals surface area (Å²) in [5.74, 6) is 0.159. The van der Waals surface area contributed by atoms with Gasteiger partial charge >= 0.3 is 0 Å². The van der Waals surface area contributed by atoms with Crippen molar-refractivity contribution in [1.82, 2.24) is 20.1 Å². The Kier molecular flexibility index (Phi) is 3.53. The van der Waals surface area contributed by atoms with Crippen LogP contribution in [-0.4, -0.2) is 20.7 Å². The molecule has 1 amide bonds. The normalized spacial score (nSPS) is 18.3. The molecule has 2 aliphatic rings. The van der Waals surface area contributed by atoms with Gasteiger partial charge in [0.05, 0.1) is 5.02 Å². The highest BCUT2D eigenvalue weighted by atomic mass is 35.5. The fourth-order valence-corrected chi connectivity index (χ4v) is 3.89. The third-order valence-corrected chi connectivity index (χ3v) is 4.95. The van der Waals surface area contributed by atoms with E-state index in [1.807, 2.05) is 0 Å². The lowest BCUT2D eigenvalue weighted by molar-refractivity contribution is 0.0877. The average molecular weight is 346 g/mol. The predicted octanol–water partition coefficient (Wildman–Crippen LogP) is 2.40. The predicted molar refractivity (Wildman–Crippen MR) is 89.6 cm³/mol. The van der Waals surface area contributed by atoms with Crippen LogP contribution < -0.4 is 16.2 Å². The third kappa shape index (κ3) is 2.27. The molecule has 2 N–H and O–H groups in total. The van der Waals surface area contributed by atoms with Crippen LogP contribution in [0.4, 0.5) is 11.5 Å². The van der Waals surface area contributed by atoms with Crippen LogP contribution >= 0.6 is 11.6 Å². The van der Waals surface area contributed by atoms with Crippen molar-refractivity contribution in [1.29, 1.82) is 0 Å². The number of nitrogens with one attached hydrogen (secondary N) is 2. The number of fused-ring (bicyclic) bond motifs is 2. The van der Waals surface area contributed by atoms with Crippen LogP contribution in [0.5, 0.6) is 0 Å².